The van der Waals surface area contributed by atoms with Crippen LogP contribution in [0.4, 0.5) is 45.5 Å². The van der Waals surface area contributed by atoms with Crippen LogP contribution in [-0.4, -0.2) is 143 Å². The summed E-state index contributed by atoms with van der Waals surface area (Å²) < 4.78 is 78.3. The standard InChI is InChI=1S/C19H15ClN4O4.C19H17ClN4O2.C19H18ClN3O3.C11H18BNO3.C11H10BrN3O3.C7H8ClN.C6H5BrN2O2.2Na.O4S2/c1-10-17(11(2)28-22-10)13-7-15-18(16(8-13)24(26)27)21-19(25)23(15)9-12-3-5-14(20)6-4-12;1-10-17(11(2)26-23-10)13-7-15(21)18-16(8-13)24(19(25)22-18)9-12-3-5-14(20)6-4-12;1-11-18(12(2)26-22-11)15-9-14(19(21)17(10-15)23(24)25)6-3-13-4-7-16(20)8-5-13;1-7-9(8(2)14-13-7)12-15-10(3,4)11(5,6)16-12;1-5-10(6(2)18-14-5)7-3-8(12)11(13)9(4-7)15(16)17;8-7-3-1-6(5-9)2-4-7;7-4-1-2-5(8)6(3-4)9(10)11;;;1-5(2)6(3)4/h3-8H,9H2,1-2H3,(H,21,25);3-8H,9,21H2,1-2H3,(H,22,25);4-5,7-10H,3,6,21H2,1-2H3;1-6H3;3-4H,13H2,1-2H3;1-4H,5,9H2;1-3H,8H2;;;. The van der Waals surface area contributed by atoms with Gasteiger partial charge in [-0.15, -0.1) is 0 Å². The molecule has 0 saturated carbocycles. The number of nitrogen functional groups attached to an aromatic ring is 4. The number of benzene rings is 9. The Bertz CT molecular complexity index is 7590. The van der Waals surface area contributed by atoms with Gasteiger partial charge in [0, 0.05) is 87.6 Å². The fourth-order valence-corrected chi connectivity index (χ4v) is 15.8. The molecule has 39 nitrogen and oxygen atoms in total. The van der Waals surface area contributed by atoms with E-state index in [4.69, 9.17) is 124 Å². The Morgan fingerprint density at radius 1 is 0.415 bits per heavy atom. The Balaban J connectivity index is 0.000000187. The first-order valence-electron chi connectivity index (χ1n) is 42.7. The average Bonchev–Trinajstić information content (AvgIpc) is 1.61. The summed E-state index contributed by atoms with van der Waals surface area (Å²) in [5.74, 6) is 3.25. The van der Waals surface area contributed by atoms with E-state index in [0.29, 0.717) is 129 Å². The number of aromatic nitrogens is 9. The number of rotatable bonds is 17. The van der Waals surface area contributed by atoms with E-state index >= 15 is 0 Å². The minimum absolute atomic E-state index is 0.0700. The van der Waals surface area contributed by atoms with Crippen LogP contribution in [0.1, 0.15) is 113 Å². The number of hydrogen-bond acceptors (Lipinski definition) is 31. The zero-order valence-electron chi connectivity index (χ0n) is 79.2. The van der Waals surface area contributed by atoms with Gasteiger partial charge in [-0.1, -0.05) is 137 Å². The third kappa shape index (κ3) is 28.8. The van der Waals surface area contributed by atoms with Crippen molar-refractivity contribution in [3.05, 3.63) is 339 Å². The van der Waals surface area contributed by atoms with E-state index < -0.39 is 43.9 Å². The number of nitrogens with one attached hydrogen (secondary N) is 2. The normalized spacial score (nSPS) is 11.9. The summed E-state index contributed by atoms with van der Waals surface area (Å²) in [6, 6.07) is 47.5. The number of nitrogens with two attached hydrogens (primary N) is 5. The molecule has 142 heavy (non-hydrogen) atoms. The first-order chi connectivity index (χ1) is 66.9. The minimum atomic E-state index is -2.95. The molecule has 734 valence electrons. The van der Waals surface area contributed by atoms with Gasteiger partial charge in [0.15, 0.2) is 0 Å². The summed E-state index contributed by atoms with van der Waals surface area (Å²) in [6.45, 7) is 27.5. The van der Waals surface area contributed by atoms with E-state index in [1.54, 1.807) is 101 Å². The number of nitro benzene ring substituents is 4. The second-order valence-corrected chi connectivity index (χ2v) is 38.3. The summed E-state index contributed by atoms with van der Waals surface area (Å²) >= 11 is 32.6. The molecule has 7 aromatic heterocycles. The van der Waals surface area contributed by atoms with Gasteiger partial charge in [0.05, 0.1) is 94.7 Å². The molecule has 0 bridgehead atoms. The number of anilines is 4. The number of imidazole rings is 2. The molecule has 0 unspecified atom stereocenters. The van der Waals surface area contributed by atoms with E-state index in [0.717, 1.165) is 83.2 Å². The van der Waals surface area contributed by atoms with Gasteiger partial charge in [0.1, 0.15) is 51.4 Å². The van der Waals surface area contributed by atoms with Crippen LogP contribution in [0, 0.1) is 110 Å². The Labute approximate surface area is 878 Å². The predicted molar refractivity (Wildman–Crippen MR) is 554 cm³/mol. The number of nitro groups is 4. The van der Waals surface area contributed by atoms with Crippen molar-refractivity contribution in [3.8, 4) is 44.5 Å². The van der Waals surface area contributed by atoms with Gasteiger partial charge >= 0.3 is 80.6 Å². The van der Waals surface area contributed by atoms with Crippen LogP contribution in [0.2, 0.25) is 20.1 Å². The molecule has 8 heterocycles. The third-order valence-electron chi connectivity index (χ3n) is 22.1. The van der Waals surface area contributed by atoms with E-state index in [1.165, 1.54) is 78.5 Å². The van der Waals surface area contributed by atoms with Crippen LogP contribution < -0.4 is 45.5 Å². The van der Waals surface area contributed by atoms with Crippen LogP contribution >= 0.6 is 78.3 Å². The fourth-order valence-electron chi connectivity index (χ4n) is 14.5. The zero-order chi connectivity index (χ0) is 105. The van der Waals surface area contributed by atoms with Gasteiger partial charge in [-0.25, -0.2) is 9.59 Å². The number of non-ortho nitro benzene ring substituents is 1. The third-order valence-corrected chi connectivity index (χ3v) is 25.2. The number of nitrogens with zero attached hydrogens (tertiary/aromatic N) is 11. The van der Waals surface area contributed by atoms with Crippen molar-refractivity contribution in [1.29, 1.82) is 0 Å². The van der Waals surface area contributed by atoms with Crippen molar-refractivity contribution in [2.24, 2.45) is 5.73 Å². The van der Waals surface area contributed by atoms with E-state index in [2.05, 4.69) is 67.6 Å². The van der Waals surface area contributed by atoms with Gasteiger partial charge in [-0.2, -0.15) is 16.8 Å². The first kappa shape index (κ1) is 114. The molecule has 16 aromatic rings. The molecule has 50 heteroatoms. The first-order valence-corrected chi connectivity index (χ1v) is 56.5. The Morgan fingerprint density at radius 3 is 1.11 bits per heavy atom. The molecule has 1 fully saturated rings. The molecule has 0 aliphatic carbocycles. The number of aromatic amines is 2. The second-order valence-electron chi connectivity index (χ2n) is 32.3. The van der Waals surface area contributed by atoms with Crippen LogP contribution in [0.5, 0.6) is 0 Å². The molecular formula is C92H91BBr2Cl4N18Na2O21S2. The molecule has 9 aromatic carbocycles. The van der Waals surface area contributed by atoms with Crippen molar-refractivity contribution in [3.63, 3.8) is 0 Å². The Kier molecular flexibility index (Phi) is 40.3. The maximum absolute atomic E-state index is 12.5. The molecule has 1 saturated heterocycles. The molecular weight excluding hydrogens is 2120 g/mol. The molecule has 17 rings (SSSR count). The van der Waals surface area contributed by atoms with Crippen LogP contribution in [0.3, 0.4) is 0 Å². The molecule has 0 spiro atoms. The van der Waals surface area contributed by atoms with Crippen LogP contribution in [0.25, 0.3) is 66.6 Å². The van der Waals surface area contributed by atoms with Crippen LogP contribution in [-0.2, 0) is 60.3 Å². The van der Waals surface area contributed by atoms with Gasteiger partial charge in [-0.3, -0.25) is 54.6 Å². The number of hydrogen-bond donors (Lipinski definition) is 7. The Morgan fingerprint density at radius 2 is 0.754 bits per heavy atom. The summed E-state index contributed by atoms with van der Waals surface area (Å²) in [7, 11) is -6.28. The maximum atomic E-state index is 12.5. The SMILES string of the molecule is Cc1noc(C)c1-c1cc(Br)c(N)c([N+](=O)[O-])c1.Cc1noc(C)c1-c1cc(CCc2ccc(Cl)cc2)c(N)c([N+](=O)[O-])c1.Cc1noc(C)c1-c1cc(N)c2[nH]c(=O)n(Cc3ccc(Cl)cc3)c2c1.Cc1noc(C)c1-c1cc([N+](=O)[O-])c2[nH]c(=O)n(Cc3ccc(Cl)cc3)c2c1.Cc1noc(C)c1B1OC(C)(C)C(C)(C)O1.NCc1ccc(Cl)cc1.Nc1ccc(Br)cc1[N+](=O)[O-].O=S(=O)=S(=O)=O.[Na][Na]. The fraction of sp³-hybridized carbons (Fsp3) is 0.228. The van der Waals surface area contributed by atoms with Crippen molar-refractivity contribution in [2.75, 3.05) is 22.9 Å². The molecule has 0 radical (unpaired) electrons. The van der Waals surface area contributed by atoms with Crippen LogP contribution in [0.15, 0.2) is 205 Å². The molecule has 0 amide bonds. The van der Waals surface area contributed by atoms with E-state index in [1.807, 2.05) is 134 Å². The van der Waals surface area contributed by atoms with Gasteiger partial charge in [0.25, 0.3) is 22.7 Å². The van der Waals surface area contributed by atoms with E-state index in [-0.39, 0.29) is 75.9 Å². The summed E-state index contributed by atoms with van der Waals surface area (Å²) in [6.07, 6.45) is 1.27. The zero-order valence-corrected chi connectivity index (χ0v) is 91.0. The van der Waals surface area contributed by atoms with Crippen molar-refractivity contribution < 1.29 is 68.5 Å². The van der Waals surface area contributed by atoms with Gasteiger partial charge < -0.3 is 65.6 Å². The number of aryl methyl sites for hydroxylation is 12. The quantitative estimate of drug-likeness (QED) is 0.0193. The number of fused-ring (bicyclic) bond motifs is 2. The van der Waals surface area contributed by atoms with Crippen molar-refractivity contribution in [1.82, 2.24) is 44.9 Å². The van der Waals surface area contributed by atoms with Gasteiger partial charge in [0.2, 0.25) is 0 Å². The molecule has 1 aliphatic heterocycles. The Hall–Kier alpha value is -11.9. The monoisotopic (exact) mass is 2200 g/mol. The van der Waals surface area contributed by atoms with Gasteiger partial charge in [-0.05, 0) is 267 Å². The second kappa shape index (κ2) is 50.3. The summed E-state index contributed by atoms with van der Waals surface area (Å²) in [5, 5.41) is 66.6. The predicted octanol–water partition coefficient (Wildman–Crippen LogP) is 19.4. The van der Waals surface area contributed by atoms with E-state index in [9.17, 15) is 50.0 Å². The molecule has 0 atom stereocenters. The molecule has 12 N–H and O–H groups in total. The topological polar surface area (TPSA) is 595 Å². The average molecular weight is 2210 g/mol. The number of halogens is 6. The molecule has 1 aliphatic rings. The summed E-state index contributed by atoms with van der Waals surface area (Å²) in [4.78, 5) is 72.8. The van der Waals surface area contributed by atoms with Crippen molar-refractivity contribution >= 4 is 221 Å². The summed E-state index contributed by atoms with van der Waals surface area (Å²) in [5.41, 5.74) is 44.9. The number of H-pyrrole nitrogens is 2. The van der Waals surface area contributed by atoms with Crippen molar-refractivity contribution in [2.45, 2.75) is 141 Å².